The fourth-order valence-corrected chi connectivity index (χ4v) is 2.27. The highest BCUT2D eigenvalue weighted by Crippen LogP contribution is 2.24. The lowest BCUT2D eigenvalue weighted by Gasteiger charge is -2.20. The van der Waals surface area contributed by atoms with E-state index in [-0.39, 0.29) is 5.91 Å². The number of benzene rings is 2. The van der Waals surface area contributed by atoms with Crippen LogP contribution in [0.4, 0.5) is 5.69 Å². The molecule has 0 saturated carbocycles. The zero-order valence-electron chi connectivity index (χ0n) is 12.1. The molecule has 104 valence electrons. The Labute approximate surface area is 119 Å². The Morgan fingerprint density at radius 3 is 2.40 bits per heavy atom. The van der Waals surface area contributed by atoms with Crippen molar-refractivity contribution in [2.24, 2.45) is 5.73 Å². The molecular formula is C17H20N2O. The molecule has 1 atom stereocenters. The van der Waals surface area contributed by atoms with Crippen molar-refractivity contribution in [3.8, 4) is 0 Å². The van der Waals surface area contributed by atoms with Gasteiger partial charge in [-0.1, -0.05) is 35.9 Å². The molecule has 0 aliphatic carbocycles. The van der Waals surface area contributed by atoms with Crippen LogP contribution in [-0.2, 0) is 4.79 Å². The van der Waals surface area contributed by atoms with Gasteiger partial charge in [-0.3, -0.25) is 4.79 Å². The first-order chi connectivity index (χ1) is 9.47. The normalized spacial score (nSPS) is 11.9. The molecule has 0 aliphatic heterocycles. The maximum absolute atomic E-state index is 11.8. The molecule has 2 aromatic carbocycles. The number of nitrogens with two attached hydrogens (primary N) is 1. The molecule has 0 aromatic heterocycles. The first-order valence-electron chi connectivity index (χ1n) is 6.67. The van der Waals surface area contributed by atoms with Crippen LogP contribution in [0.2, 0.25) is 0 Å². The summed E-state index contributed by atoms with van der Waals surface area (Å²) < 4.78 is 0. The molecule has 1 amide bonds. The summed E-state index contributed by atoms with van der Waals surface area (Å²) in [7, 11) is 0. The molecule has 3 nitrogen and oxygen atoms in total. The smallest absolute Gasteiger partial charge is 0.244 e. The molecule has 0 heterocycles. The number of aryl methyl sites for hydroxylation is 3. The van der Waals surface area contributed by atoms with E-state index in [9.17, 15) is 4.79 Å². The molecule has 20 heavy (non-hydrogen) atoms. The summed E-state index contributed by atoms with van der Waals surface area (Å²) >= 11 is 0. The topological polar surface area (TPSA) is 55.1 Å². The Morgan fingerprint density at radius 2 is 1.75 bits per heavy atom. The lowest BCUT2D eigenvalue weighted by Crippen LogP contribution is -2.28. The molecule has 0 saturated heterocycles. The van der Waals surface area contributed by atoms with Gasteiger partial charge in [0.2, 0.25) is 5.91 Å². The molecule has 0 aliphatic rings. The van der Waals surface area contributed by atoms with Crippen LogP contribution in [0.3, 0.4) is 0 Å². The van der Waals surface area contributed by atoms with Gasteiger partial charge in [0.15, 0.2) is 0 Å². The van der Waals surface area contributed by atoms with E-state index in [2.05, 4.69) is 5.32 Å². The maximum atomic E-state index is 11.8. The Bertz CT molecular complexity index is 635. The van der Waals surface area contributed by atoms with Crippen LogP contribution < -0.4 is 11.1 Å². The Balaban J connectivity index is 2.37. The van der Waals surface area contributed by atoms with Crippen LogP contribution in [0.5, 0.6) is 0 Å². The standard InChI is InChI=1S/C17H20N2O/c1-11-5-4-6-14(9-11)19-16(17(18)20)15-10-12(2)7-8-13(15)3/h4-10,16,19H,1-3H3,(H2,18,20). The number of hydrogen-bond acceptors (Lipinski definition) is 2. The van der Waals surface area contributed by atoms with Crippen LogP contribution in [0.1, 0.15) is 28.3 Å². The van der Waals surface area contributed by atoms with Crippen molar-refractivity contribution in [3.05, 3.63) is 64.7 Å². The highest BCUT2D eigenvalue weighted by atomic mass is 16.1. The van der Waals surface area contributed by atoms with Gasteiger partial charge in [0.1, 0.15) is 6.04 Å². The second-order valence-electron chi connectivity index (χ2n) is 5.21. The third-order valence-electron chi connectivity index (χ3n) is 3.36. The molecule has 0 radical (unpaired) electrons. The highest BCUT2D eigenvalue weighted by Gasteiger charge is 2.19. The number of carbonyl (C=O) groups is 1. The SMILES string of the molecule is Cc1cccc(NC(C(N)=O)c2cc(C)ccc2C)c1. The first-order valence-corrected chi connectivity index (χ1v) is 6.67. The van der Waals surface area contributed by atoms with E-state index in [1.165, 1.54) is 0 Å². The number of primary amides is 1. The summed E-state index contributed by atoms with van der Waals surface area (Å²) in [5.74, 6) is -0.375. The van der Waals surface area contributed by atoms with Crippen molar-refractivity contribution in [1.82, 2.24) is 0 Å². The van der Waals surface area contributed by atoms with Gasteiger partial charge in [0, 0.05) is 5.69 Å². The van der Waals surface area contributed by atoms with Gasteiger partial charge >= 0.3 is 0 Å². The Kier molecular flexibility index (Phi) is 4.08. The first kappa shape index (κ1) is 14.1. The maximum Gasteiger partial charge on any atom is 0.244 e. The van der Waals surface area contributed by atoms with Gasteiger partial charge < -0.3 is 11.1 Å². The van der Waals surface area contributed by atoms with Crippen molar-refractivity contribution in [2.45, 2.75) is 26.8 Å². The lowest BCUT2D eigenvalue weighted by atomic mass is 9.98. The fraction of sp³-hybridized carbons (Fsp3) is 0.235. The quantitative estimate of drug-likeness (QED) is 0.894. The fourth-order valence-electron chi connectivity index (χ4n) is 2.27. The van der Waals surface area contributed by atoms with Crippen LogP contribution >= 0.6 is 0 Å². The van der Waals surface area contributed by atoms with Crippen molar-refractivity contribution < 1.29 is 4.79 Å². The Hall–Kier alpha value is -2.29. The number of amides is 1. The van der Waals surface area contributed by atoms with Crippen molar-refractivity contribution in [1.29, 1.82) is 0 Å². The lowest BCUT2D eigenvalue weighted by molar-refractivity contribution is -0.118. The molecule has 2 aromatic rings. The molecule has 0 spiro atoms. The summed E-state index contributed by atoms with van der Waals surface area (Å²) in [6.45, 7) is 6.01. The summed E-state index contributed by atoms with van der Waals surface area (Å²) in [4.78, 5) is 11.8. The third-order valence-corrected chi connectivity index (χ3v) is 3.36. The molecular weight excluding hydrogens is 248 g/mol. The minimum absolute atomic E-state index is 0.375. The number of anilines is 1. The van der Waals surface area contributed by atoms with E-state index in [1.54, 1.807) is 0 Å². The summed E-state index contributed by atoms with van der Waals surface area (Å²) in [6, 6.07) is 13.4. The van der Waals surface area contributed by atoms with Gasteiger partial charge in [-0.2, -0.15) is 0 Å². The molecule has 2 rings (SSSR count). The average Bonchev–Trinajstić information content (AvgIpc) is 2.39. The molecule has 0 fully saturated rings. The molecule has 1 unspecified atom stereocenters. The zero-order valence-corrected chi connectivity index (χ0v) is 12.1. The largest absolute Gasteiger partial charge is 0.370 e. The minimum Gasteiger partial charge on any atom is -0.370 e. The second kappa shape index (κ2) is 5.78. The monoisotopic (exact) mass is 268 g/mol. The minimum atomic E-state index is -0.517. The van der Waals surface area contributed by atoms with Crippen LogP contribution in [0.25, 0.3) is 0 Å². The van der Waals surface area contributed by atoms with E-state index in [1.807, 2.05) is 63.2 Å². The molecule has 3 N–H and O–H groups in total. The van der Waals surface area contributed by atoms with Crippen molar-refractivity contribution in [2.75, 3.05) is 5.32 Å². The second-order valence-corrected chi connectivity index (χ2v) is 5.21. The third kappa shape index (κ3) is 3.18. The van der Waals surface area contributed by atoms with Gasteiger partial charge in [0.05, 0.1) is 0 Å². The van der Waals surface area contributed by atoms with E-state index < -0.39 is 6.04 Å². The molecule has 0 bridgehead atoms. The number of carbonyl (C=O) groups excluding carboxylic acids is 1. The van der Waals surface area contributed by atoms with E-state index in [0.29, 0.717) is 0 Å². The summed E-state index contributed by atoms with van der Waals surface area (Å²) in [5.41, 5.74) is 10.7. The van der Waals surface area contributed by atoms with E-state index in [0.717, 1.165) is 27.9 Å². The predicted molar refractivity (Wildman–Crippen MR) is 82.7 cm³/mol. The number of hydrogen-bond donors (Lipinski definition) is 2. The van der Waals surface area contributed by atoms with Gasteiger partial charge in [-0.15, -0.1) is 0 Å². The number of rotatable bonds is 4. The van der Waals surface area contributed by atoms with Gasteiger partial charge in [0.25, 0.3) is 0 Å². The average molecular weight is 268 g/mol. The summed E-state index contributed by atoms with van der Waals surface area (Å²) in [5, 5.41) is 3.23. The van der Waals surface area contributed by atoms with Gasteiger partial charge in [-0.05, 0) is 49.6 Å². The number of nitrogens with one attached hydrogen (secondary N) is 1. The van der Waals surface area contributed by atoms with Crippen LogP contribution in [0, 0.1) is 20.8 Å². The summed E-state index contributed by atoms with van der Waals surface area (Å²) in [6.07, 6.45) is 0. The van der Waals surface area contributed by atoms with Crippen LogP contribution in [0.15, 0.2) is 42.5 Å². The van der Waals surface area contributed by atoms with Gasteiger partial charge in [-0.25, -0.2) is 0 Å². The Morgan fingerprint density at radius 1 is 1.05 bits per heavy atom. The van der Waals surface area contributed by atoms with Crippen LogP contribution in [-0.4, -0.2) is 5.91 Å². The predicted octanol–water partition coefficient (Wildman–Crippen LogP) is 3.25. The van der Waals surface area contributed by atoms with E-state index >= 15 is 0 Å². The van der Waals surface area contributed by atoms with Crippen molar-refractivity contribution >= 4 is 11.6 Å². The highest BCUT2D eigenvalue weighted by molar-refractivity contribution is 5.85. The van der Waals surface area contributed by atoms with Crippen molar-refractivity contribution in [3.63, 3.8) is 0 Å². The van der Waals surface area contributed by atoms with E-state index in [4.69, 9.17) is 5.73 Å². The zero-order chi connectivity index (χ0) is 14.7. The molecule has 3 heteroatoms.